The van der Waals surface area contributed by atoms with Gasteiger partial charge < -0.3 is 11.5 Å². The first-order valence-corrected chi connectivity index (χ1v) is 8.00. The minimum Gasteiger partial charge on any atom is -0.383 e. The molecule has 0 aliphatic heterocycles. The monoisotopic (exact) mass is 311 g/mol. The van der Waals surface area contributed by atoms with E-state index < -0.39 is 0 Å². The molecule has 0 fully saturated rings. The van der Waals surface area contributed by atoms with Gasteiger partial charge in [-0.1, -0.05) is 23.5 Å². The van der Waals surface area contributed by atoms with Gasteiger partial charge in [0.1, 0.15) is 11.9 Å². The number of rotatable bonds is 2. The number of pyridine rings is 1. The molecule has 3 rings (SSSR count). The summed E-state index contributed by atoms with van der Waals surface area (Å²) in [4.78, 5) is 9.56. The molecule has 0 spiro atoms. The average molecular weight is 311 g/mol. The van der Waals surface area contributed by atoms with Crippen molar-refractivity contribution in [3.8, 4) is 16.6 Å². The van der Waals surface area contributed by atoms with Crippen LogP contribution in [-0.2, 0) is 0 Å². The molecule has 0 saturated heterocycles. The Morgan fingerprint density at radius 3 is 2.73 bits per heavy atom. The summed E-state index contributed by atoms with van der Waals surface area (Å²) >= 11 is 1.40. The molecule has 2 aromatic heterocycles. The largest absolute Gasteiger partial charge is 0.383 e. The van der Waals surface area contributed by atoms with E-state index in [0.717, 1.165) is 41.1 Å². The lowest BCUT2D eigenvalue weighted by Crippen LogP contribution is -2.08. The van der Waals surface area contributed by atoms with Gasteiger partial charge in [0.15, 0.2) is 5.13 Å². The fraction of sp³-hybridized carbons (Fsp3) is 0.312. The second kappa shape index (κ2) is 5.78. The molecule has 0 aromatic carbocycles. The van der Waals surface area contributed by atoms with Gasteiger partial charge >= 0.3 is 0 Å². The van der Waals surface area contributed by atoms with Crippen LogP contribution in [0.25, 0.3) is 10.6 Å². The van der Waals surface area contributed by atoms with Gasteiger partial charge in [-0.25, -0.2) is 9.97 Å². The van der Waals surface area contributed by atoms with Gasteiger partial charge in [0.25, 0.3) is 0 Å². The summed E-state index contributed by atoms with van der Waals surface area (Å²) in [5.41, 5.74) is 14.9. The average Bonchev–Trinajstić information content (AvgIpc) is 2.86. The summed E-state index contributed by atoms with van der Waals surface area (Å²) in [5.74, 6) is 0.602. The molecule has 22 heavy (non-hydrogen) atoms. The molecule has 0 radical (unpaired) electrons. The SMILES string of the molecule is Cc1nc(N)sc1-c1cc(C2CC=CCC2)c(C#N)c(N)n1. The van der Waals surface area contributed by atoms with Gasteiger partial charge in [-0.15, -0.1) is 0 Å². The maximum atomic E-state index is 9.43. The molecule has 2 heterocycles. The molecule has 0 amide bonds. The van der Waals surface area contributed by atoms with E-state index in [1.54, 1.807) is 0 Å². The Balaban J connectivity index is 2.14. The minimum absolute atomic E-state index is 0.288. The van der Waals surface area contributed by atoms with Crippen LogP contribution in [0, 0.1) is 18.3 Å². The number of nitriles is 1. The van der Waals surface area contributed by atoms with E-state index in [4.69, 9.17) is 11.5 Å². The smallest absolute Gasteiger partial charge is 0.180 e. The lowest BCUT2D eigenvalue weighted by Gasteiger charge is -2.20. The molecule has 1 atom stereocenters. The number of aromatic nitrogens is 2. The lowest BCUT2D eigenvalue weighted by molar-refractivity contribution is 0.615. The van der Waals surface area contributed by atoms with Gasteiger partial charge in [0, 0.05) is 0 Å². The zero-order valence-corrected chi connectivity index (χ0v) is 13.2. The van der Waals surface area contributed by atoms with E-state index in [1.807, 2.05) is 13.0 Å². The Morgan fingerprint density at radius 2 is 2.14 bits per heavy atom. The quantitative estimate of drug-likeness (QED) is 0.828. The first-order valence-electron chi connectivity index (χ1n) is 7.19. The van der Waals surface area contributed by atoms with Crippen molar-refractivity contribution in [1.82, 2.24) is 9.97 Å². The van der Waals surface area contributed by atoms with Gasteiger partial charge in [-0.3, -0.25) is 0 Å². The van der Waals surface area contributed by atoms with Crippen LogP contribution in [0.2, 0.25) is 0 Å². The van der Waals surface area contributed by atoms with Crippen molar-refractivity contribution in [3.05, 3.63) is 35.0 Å². The molecule has 4 N–H and O–H groups in total. The second-order valence-corrected chi connectivity index (χ2v) is 6.45. The van der Waals surface area contributed by atoms with E-state index in [1.165, 1.54) is 11.3 Å². The van der Waals surface area contributed by atoms with Crippen molar-refractivity contribution in [2.75, 3.05) is 11.5 Å². The number of thiazole rings is 1. The molecule has 1 aliphatic carbocycles. The first kappa shape index (κ1) is 14.5. The zero-order chi connectivity index (χ0) is 15.7. The predicted octanol–water partition coefficient (Wildman–Crippen LogP) is 3.37. The Morgan fingerprint density at radius 1 is 1.32 bits per heavy atom. The fourth-order valence-electron chi connectivity index (χ4n) is 2.88. The van der Waals surface area contributed by atoms with Crippen LogP contribution in [0.1, 0.15) is 42.0 Å². The normalized spacial score (nSPS) is 17.4. The second-order valence-electron chi connectivity index (χ2n) is 5.42. The maximum absolute atomic E-state index is 9.43. The Hall–Kier alpha value is -2.39. The molecule has 1 aliphatic rings. The van der Waals surface area contributed by atoms with Crippen molar-refractivity contribution in [3.63, 3.8) is 0 Å². The van der Waals surface area contributed by atoms with Crippen LogP contribution in [0.15, 0.2) is 18.2 Å². The molecule has 112 valence electrons. The number of nitrogen functional groups attached to an aromatic ring is 2. The fourth-order valence-corrected chi connectivity index (χ4v) is 3.67. The van der Waals surface area contributed by atoms with Crippen molar-refractivity contribution in [2.45, 2.75) is 32.1 Å². The maximum Gasteiger partial charge on any atom is 0.180 e. The topological polar surface area (TPSA) is 102 Å². The van der Waals surface area contributed by atoms with E-state index in [-0.39, 0.29) is 5.82 Å². The molecular formula is C16H17N5S. The summed E-state index contributed by atoms with van der Waals surface area (Å²) < 4.78 is 0. The summed E-state index contributed by atoms with van der Waals surface area (Å²) in [5, 5.41) is 9.95. The predicted molar refractivity (Wildman–Crippen MR) is 89.4 cm³/mol. The van der Waals surface area contributed by atoms with Crippen LogP contribution >= 0.6 is 11.3 Å². The number of aryl methyl sites for hydroxylation is 1. The molecule has 5 nitrogen and oxygen atoms in total. The molecule has 0 bridgehead atoms. The first-order chi connectivity index (χ1) is 10.6. The Bertz CT molecular complexity index is 785. The molecular weight excluding hydrogens is 294 g/mol. The van der Waals surface area contributed by atoms with Crippen molar-refractivity contribution >= 4 is 22.3 Å². The molecule has 1 unspecified atom stereocenters. The van der Waals surface area contributed by atoms with Gasteiger partial charge in [-0.2, -0.15) is 5.26 Å². The Kier molecular flexibility index (Phi) is 3.82. The van der Waals surface area contributed by atoms with Crippen LogP contribution < -0.4 is 11.5 Å². The van der Waals surface area contributed by atoms with Crippen molar-refractivity contribution in [2.24, 2.45) is 0 Å². The van der Waals surface area contributed by atoms with E-state index in [0.29, 0.717) is 16.6 Å². The number of hydrogen-bond donors (Lipinski definition) is 2. The summed E-state index contributed by atoms with van der Waals surface area (Å²) in [7, 11) is 0. The van der Waals surface area contributed by atoms with Crippen LogP contribution in [-0.4, -0.2) is 9.97 Å². The van der Waals surface area contributed by atoms with Gasteiger partial charge in [0.05, 0.1) is 21.8 Å². The summed E-state index contributed by atoms with van der Waals surface area (Å²) in [6.07, 6.45) is 7.34. The highest BCUT2D eigenvalue weighted by Gasteiger charge is 2.21. The molecule has 0 saturated carbocycles. The summed E-state index contributed by atoms with van der Waals surface area (Å²) in [6.45, 7) is 1.90. The van der Waals surface area contributed by atoms with Gasteiger partial charge in [0.2, 0.25) is 0 Å². The number of allylic oxidation sites excluding steroid dienone is 2. The van der Waals surface area contributed by atoms with E-state index in [9.17, 15) is 5.26 Å². The highest BCUT2D eigenvalue weighted by molar-refractivity contribution is 7.18. The minimum atomic E-state index is 0.288. The van der Waals surface area contributed by atoms with Crippen LogP contribution in [0.5, 0.6) is 0 Å². The molecule has 2 aromatic rings. The van der Waals surface area contributed by atoms with Crippen molar-refractivity contribution < 1.29 is 0 Å². The number of nitrogens with zero attached hydrogens (tertiary/aromatic N) is 3. The third kappa shape index (κ3) is 2.55. The number of anilines is 2. The third-order valence-corrected chi connectivity index (χ3v) is 4.95. The third-order valence-electron chi connectivity index (χ3n) is 3.94. The van der Waals surface area contributed by atoms with Crippen LogP contribution in [0.3, 0.4) is 0 Å². The summed E-state index contributed by atoms with van der Waals surface area (Å²) in [6, 6.07) is 4.20. The Labute approximate surface area is 133 Å². The van der Waals surface area contributed by atoms with Crippen molar-refractivity contribution in [1.29, 1.82) is 5.26 Å². The zero-order valence-electron chi connectivity index (χ0n) is 12.3. The van der Waals surface area contributed by atoms with E-state index in [2.05, 4.69) is 28.2 Å². The highest BCUT2D eigenvalue weighted by atomic mass is 32.1. The van der Waals surface area contributed by atoms with Gasteiger partial charge in [-0.05, 0) is 43.7 Å². The lowest BCUT2D eigenvalue weighted by atomic mass is 9.85. The number of nitrogens with two attached hydrogens (primary N) is 2. The van der Waals surface area contributed by atoms with Crippen LogP contribution in [0.4, 0.5) is 10.9 Å². The standard InChI is InChI=1S/C16H17N5S/c1-9-14(22-16(19)20-9)13-7-11(10-5-3-2-4-6-10)12(8-17)15(18)21-13/h2-3,7,10H,4-6H2,1H3,(H2,18,21)(H2,19,20). The van der Waals surface area contributed by atoms with E-state index >= 15 is 0 Å². The number of hydrogen-bond acceptors (Lipinski definition) is 6. The highest BCUT2D eigenvalue weighted by Crippen LogP contribution is 2.37. The molecule has 6 heteroatoms.